The number of nitrogens with zero attached hydrogens (tertiary/aromatic N) is 3. The van der Waals surface area contributed by atoms with E-state index in [1.165, 1.54) is 0 Å². The van der Waals surface area contributed by atoms with Crippen LogP contribution in [0.2, 0.25) is 5.02 Å². The van der Waals surface area contributed by atoms with Crippen LogP contribution in [0, 0.1) is 0 Å². The molecule has 142 valence electrons. The SMILES string of the molecule is Clc1cccc2nc3n(-c4cccc5c4oc4ccccc45)c4ccccc4n3c12. The number of halogens is 1. The van der Waals surface area contributed by atoms with E-state index >= 15 is 0 Å². The minimum atomic E-state index is 0.685. The van der Waals surface area contributed by atoms with Gasteiger partial charge in [0.05, 0.1) is 32.8 Å². The van der Waals surface area contributed by atoms with Gasteiger partial charge in [0, 0.05) is 10.8 Å². The van der Waals surface area contributed by atoms with Crippen LogP contribution in [0.4, 0.5) is 0 Å². The van der Waals surface area contributed by atoms with Gasteiger partial charge in [-0.1, -0.05) is 60.1 Å². The Labute approximate surface area is 175 Å². The summed E-state index contributed by atoms with van der Waals surface area (Å²) in [7, 11) is 0. The van der Waals surface area contributed by atoms with Gasteiger partial charge in [-0.2, -0.15) is 0 Å². The van der Waals surface area contributed by atoms with E-state index in [4.69, 9.17) is 21.0 Å². The van der Waals surface area contributed by atoms with E-state index in [0.717, 1.165) is 55.5 Å². The van der Waals surface area contributed by atoms with Gasteiger partial charge in [-0.25, -0.2) is 4.98 Å². The number of benzene rings is 4. The molecule has 4 nitrogen and oxygen atoms in total. The van der Waals surface area contributed by atoms with Gasteiger partial charge in [0.1, 0.15) is 5.58 Å². The van der Waals surface area contributed by atoms with Crippen molar-refractivity contribution in [3.05, 3.63) is 90.0 Å². The van der Waals surface area contributed by atoms with Gasteiger partial charge in [0.2, 0.25) is 5.78 Å². The second-order valence-electron chi connectivity index (χ2n) is 7.43. The van der Waals surface area contributed by atoms with E-state index in [0.29, 0.717) is 5.02 Å². The van der Waals surface area contributed by atoms with E-state index in [2.05, 4.69) is 45.4 Å². The zero-order chi connectivity index (χ0) is 19.8. The Morgan fingerprint density at radius 3 is 2.43 bits per heavy atom. The zero-order valence-corrected chi connectivity index (χ0v) is 16.5. The summed E-state index contributed by atoms with van der Waals surface area (Å²) < 4.78 is 10.6. The van der Waals surface area contributed by atoms with Gasteiger partial charge >= 0.3 is 0 Å². The van der Waals surface area contributed by atoms with E-state index in [9.17, 15) is 0 Å². The average Bonchev–Trinajstić information content (AvgIpc) is 3.42. The number of hydrogen-bond acceptors (Lipinski definition) is 2. The molecule has 4 aromatic carbocycles. The fourth-order valence-electron chi connectivity index (χ4n) is 4.55. The first kappa shape index (κ1) is 16.1. The summed E-state index contributed by atoms with van der Waals surface area (Å²) in [6.07, 6.45) is 0. The Bertz CT molecular complexity index is 1770. The number of hydrogen-bond donors (Lipinski definition) is 0. The Balaban J connectivity index is 1.72. The zero-order valence-electron chi connectivity index (χ0n) is 15.7. The maximum absolute atomic E-state index is 6.59. The predicted octanol–water partition coefficient (Wildman–Crippen LogP) is 6.98. The monoisotopic (exact) mass is 407 g/mol. The van der Waals surface area contributed by atoms with Crippen molar-refractivity contribution >= 4 is 61.4 Å². The van der Waals surface area contributed by atoms with Gasteiger partial charge in [0.15, 0.2) is 5.58 Å². The molecule has 0 unspecified atom stereocenters. The van der Waals surface area contributed by atoms with Crippen molar-refractivity contribution in [2.75, 3.05) is 0 Å². The van der Waals surface area contributed by atoms with Gasteiger partial charge in [-0.3, -0.25) is 8.97 Å². The highest BCUT2D eigenvalue weighted by Crippen LogP contribution is 2.37. The average molecular weight is 408 g/mol. The second kappa shape index (κ2) is 5.65. The van der Waals surface area contributed by atoms with Crippen LogP contribution in [0.1, 0.15) is 0 Å². The van der Waals surface area contributed by atoms with Crippen molar-refractivity contribution in [1.82, 2.24) is 14.0 Å². The van der Waals surface area contributed by atoms with Gasteiger partial charge in [0.25, 0.3) is 0 Å². The third kappa shape index (κ3) is 1.94. The first-order valence-corrected chi connectivity index (χ1v) is 10.2. The highest BCUT2D eigenvalue weighted by molar-refractivity contribution is 6.35. The lowest BCUT2D eigenvalue weighted by molar-refractivity contribution is 0.666. The molecule has 3 aromatic heterocycles. The Hall–Kier alpha value is -3.76. The Morgan fingerprint density at radius 2 is 1.50 bits per heavy atom. The maximum Gasteiger partial charge on any atom is 0.220 e. The summed E-state index contributed by atoms with van der Waals surface area (Å²) in [6.45, 7) is 0. The van der Waals surface area contributed by atoms with Gasteiger partial charge in [-0.15, -0.1) is 0 Å². The highest BCUT2D eigenvalue weighted by Gasteiger charge is 2.21. The lowest BCUT2D eigenvalue weighted by Crippen LogP contribution is -1.95. The number of fused-ring (bicyclic) bond motifs is 8. The van der Waals surface area contributed by atoms with Crippen LogP contribution in [-0.4, -0.2) is 14.0 Å². The van der Waals surface area contributed by atoms with Crippen molar-refractivity contribution in [3.63, 3.8) is 0 Å². The fraction of sp³-hybridized carbons (Fsp3) is 0. The van der Waals surface area contributed by atoms with E-state index in [1.807, 2.05) is 48.5 Å². The Morgan fingerprint density at radius 1 is 0.733 bits per heavy atom. The predicted molar refractivity (Wildman–Crippen MR) is 122 cm³/mol. The lowest BCUT2D eigenvalue weighted by Gasteiger charge is -2.05. The third-order valence-corrected chi connectivity index (χ3v) is 6.10. The standard InChI is InChI=1S/C25H14ClN3O/c26-17-9-6-10-18-23(17)29-20-12-3-2-11-19(20)28(25(29)27-18)21-13-5-8-16-15-7-1-4-14-22(15)30-24(16)21/h1-14H. The lowest BCUT2D eigenvalue weighted by atomic mass is 10.1. The topological polar surface area (TPSA) is 35.4 Å². The highest BCUT2D eigenvalue weighted by atomic mass is 35.5. The van der Waals surface area contributed by atoms with Crippen LogP contribution in [0.3, 0.4) is 0 Å². The molecular formula is C25H14ClN3O. The third-order valence-electron chi connectivity index (χ3n) is 5.80. The van der Waals surface area contributed by atoms with Crippen LogP contribution >= 0.6 is 11.6 Å². The molecule has 7 aromatic rings. The molecule has 3 heterocycles. The molecule has 0 aliphatic heterocycles. The number of imidazole rings is 2. The molecular weight excluding hydrogens is 394 g/mol. The van der Waals surface area contributed by atoms with Crippen LogP contribution in [0.5, 0.6) is 0 Å². The summed E-state index contributed by atoms with van der Waals surface area (Å²) >= 11 is 6.59. The quantitative estimate of drug-likeness (QED) is 0.294. The summed E-state index contributed by atoms with van der Waals surface area (Å²) in [5.41, 5.74) is 6.58. The number of furan rings is 1. The van der Waals surface area contributed by atoms with Crippen molar-refractivity contribution in [3.8, 4) is 5.69 Å². The molecule has 0 spiro atoms. The first-order valence-electron chi connectivity index (χ1n) is 9.78. The number of rotatable bonds is 1. The summed E-state index contributed by atoms with van der Waals surface area (Å²) in [5, 5.41) is 2.89. The van der Waals surface area contributed by atoms with Crippen LogP contribution in [0.15, 0.2) is 89.3 Å². The number of aromatic nitrogens is 3. The van der Waals surface area contributed by atoms with Gasteiger partial charge < -0.3 is 4.42 Å². The van der Waals surface area contributed by atoms with Crippen molar-refractivity contribution in [2.45, 2.75) is 0 Å². The summed E-state index contributed by atoms with van der Waals surface area (Å²) in [6, 6.07) is 28.5. The van der Waals surface area contributed by atoms with Crippen LogP contribution < -0.4 is 0 Å². The van der Waals surface area contributed by atoms with E-state index in [-0.39, 0.29) is 0 Å². The molecule has 30 heavy (non-hydrogen) atoms. The molecule has 0 fully saturated rings. The van der Waals surface area contributed by atoms with Crippen molar-refractivity contribution in [2.24, 2.45) is 0 Å². The van der Waals surface area contributed by atoms with Crippen molar-refractivity contribution < 1.29 is 4.42 Å². The van der Waals surface area contributed by atoms with E-state index < -0.39 is 0 Å². The molecule has 0 saturated carbocycles. The largest absolute Gasteiger partial charge is 0.454 e. The molecule has 0 bridgehead atoms. The molecule has 0 atom stereocenters. The first-order chi connectivity index (χ1) is 14.8. The van der Waals surface area contributed by atoms with E-state index in [1.54, 1.807) is 0 Å². The molecule has 0 amide bonds. The number of para-hydroxylation sites is 5. The van der Waals surface area contributed by atoms with Crippen molar-refractivity contribution in [1.29, 1.82) is 0 Å². The summed E-state index contributed by atoms with van der Waals surface area (Å²) in [5.74, 6) is 0.812. The van der Waals surface area contributed by atoms with Crippen LogP contribution in [0.25, 0.3) is 55.5 Å². The minimum Gasteiger partial charge on any atom is -0.454 e. The molecule has 5 heteroatoms. The normalized spacial score (nSPS) is 12.2. The smallest absolute Gasteiger partial charge is 0.220 e. The minimum absolute atomic E-state index is 0.685. The maximum atomic E-state index is 6.59. The summed E-state index contributed by atoms with van der Waals surface area (Å²) in [4.78, 5) is 4.95. The molecule has 0 aliphatic carbocycles. The van der Waals surface area contributed by atoms with Crippen LogP contribution in [-0.2, 0) is 0 Å². The molecule has 0 aliphatic rings. The second-order valence-corrected chi connectivity index (χ2v) is 7.84. The molecule has 7 rings (SSSR count). The fourth-order valence-corrected chi connectivity index (χ4v) is 4.80. The van der Waals surface area contributed by atoms with Gasteiger partial charge in [-0.05, 0) is 36.4 Å². The Kier molecular flexibility index (Phi) is 3.03. The molecule has 0 N–H and O–H groups in total. The molecule has 0 saturated heterocycles. The molecule has 0 radical (unpaired) electrons.